The van der Waals surface area contributed by atoms with Crippen LogP contribution < -0.4 is 9.88 Å². The van der Waals surface area contributed by atoms with Crippen molar-refractivity contribution in [2.24, 2.45) is 5.14 Å². The van der Waals surface area contributed by atoms with Gasteiger partial charge in [0.1, 0.15) is 0 Å². The van der Waals surface area contributed by atoms with E-state index >= 15 is 0 Å². The van der Waals surface area contributed by atoms with Crippen LogP contribution in [-0.4, -0.2) is 25.7 Å². The normalized spacial score (nSPS) is 11.3. The summed E-state index contributed by atoms with van der Waals surface area (Å²) in [5.41, 5.74) is -0.343. The average Bonchev–Trinajstić information content (AvgIpc) is 2.27. The molecule has 0 spiro atoms. The minimum Gasteiger partial charge on any atom is -0.487 e. The largest absolute Gasteiger partial charge is 0.487 e. The third kappa shape index (κ3) is 5.19. The fourth-order valence-electron chi connectivity index (χ4n) is 1.22. The fourth-order valence-corrected chi connectivity index (χ4v) is 2.05. The van der Waals surface area contributed by atoms with Gasteiger partial charge in [0.2, 0.25) is 10.0 Å². The number of nitrogens with zero attached hydrogens (tertiary/aromatic N) is 1. The zero-order valence-corrected chi connectivity index (χ0v) is 11.8. The Bertz CT molecular complexity index is 591. The fraction of sp³-hybridized carbons (Fsp3) is 0.333. The highest BCUT2D eigenvalue weighted by molar-refractivity contribution is 7.89. The summed E-state index contributed by atoms with van der Waals surface area (Å²) in [5.74, 6) is -0.351. The number of rotatable bonds is 6. The van der Waals surface area contributed by atoms with Crippen LogP contribution >= 0.6 is 23.2 Å². The van der Waals surface area contributed by atoms with Crippen LogP contribution in [-0.2, 0) is 10.0 Å². The molecule has 0 bridgehead atoms. The number of ether oxygens (including phenoxy) is 1. The predicted octanol–water partition coefficient (Wildman–Crippen LogP) is 1.96. The third-order valence-corrected chi connectivity index (χ3v) is 3.61. The van der Waals surface area contributed by atoms with E-state index in [1.807, 2.05) is 0 Å². The second-order valence-electron chi connectivity index (χ2n) is 3.56. The maximum Gasteiger partial charge on any atom is 0.312 e. The zero-order valence-electron chi connectivity index (χ0n) is 9.51. The van der Waals surface area contributed by atoms with Crippen LogP contribution in [0, 0.1) is 10.1 Å². The molecule has 0 radical (unpaired) electrons. The Hall–Kier alpha value is -1.09. The first-order valence-electron chi connectivity index (χ1n) is 4.97. The van der Waals surface area contributed by atoms with Gasteiger partial charge < -0.3 is 4.74 Å². The van der Waals surface area contributed by atoms with Gasteiger partial charge in [-0.2, -0.15) is 0 Å². The van der Waals surface area contributed by atoms with Crippen molar-refractivity contribution in [1.29, 1.82) is 0 Å². The van der Waals surface area contributed by atoms with Gasteiger partial charge in [-0.15, -0.1) is 0 Å². The number of hydrogen-bond acceptors (Lipinski definition) is 5. The third-order valence-electron chi connectivity index (χ3n) is 2.03. The molecular weight excluding hydrogens is 319 g/mol. The molecule has 1 aromatic rings. The minimum atomic E-state index is -3.58. The number of nitro groups is 1. The van der Waals surface area contributed by atoms with Crippen molar-refractivity contribution in [2.75, 3.05) is 12.4 Å². The molecule has 2 N–H and O–H groups in total. The maximum atomic E-state index is 10.8. The summed E-state index contributed by atoms with van der Waals surface area (Å²) in [6.07, 6.45) is 0.107. The van der Waals surface area contributed by atoms with E-state index in [-0.39, 0.29) is 40.3 Å². The van der Waals surface area contributed by atoms with E-state index in [2.05, 4.69) is 0 Å². The van der Waals surface area contributed by atoms with E-state index in [0.29, 0.717) is 0 Å². The number of primary sulfonamides is 1. The van der Waals surface area contributed by atoms with E-state index < -0.39 is 14.9 Å². The summed E-state index contributed by atoms with van der Waals surface area (Å²) in [7, 11) is -3.58. The predicted molar refractivity (Wildman–Crippen MR) is 71.2 cm³/mol. The highest BCUT2D eigenvalue weighted by Gasteiger charge is 2.18. The summed E-state index contributed by atoms with van der Waals surface area (Å²) in [5, 5.41) is 15.7. The molecule has 0 fully saturated rings. The van der Waals surface area contributed by atoms with Crippen LogP contribution in [0.4, 0.5) is 5.69 Å². The molecule has 1 aromatic carbocycles. The molecule has 0 unspecified atom stereocenters. The molecule has 0 aliphatic carbocycles. The lowest BCUT2D eigenvalue weighted by Crippen LogP contribution is -2.18. The SMILES string of the molecule is NS(=O)(=O)CCCOc1cc(Cl)c(Cl)cc1[N+](=O)[O-]. The Kier molecular flexibility index (Phi) is 5.36. The zero-order chi connectivity index (χ0) is 14.6. The molecule has 7 nitrogen and oxygen atoms in total. The molecule has 1 rings (SSSR count). The second kappa shape index (κ2) is 6.38. The van der Waals surface area contributed by atoms with E-state index in [4.69, 9.17) is 33.1 Å². The number of sulfonamides is 1. The maximum absolute atomic E-state index is 10.8. The van der Waals surface area contributed by atoms with E-state index in [9.17, 15) is 18.5 Å². The first kappa shape index (κ1) is 16.0. The molecule has 0 saturated carbocycles. The van der Waals surface area contributed by atoms with Gasteiger partial charge in [-0.05, 0) is 6.42 Å². The first-order valence-corrected chi connectivity index (χ1v) is 7.44. The quantitative estimate of drug-likeness (QED) is 0.487. The van der Waals surface area contributed by atoms with Gasteiger partial charge in [0.15, 0.2) is 5.75 Å². The number of hydrogen-bond donors (Lipinski definition) is 1. The average molecular weight is 329 g/mol. The highest BCUT2D eigenvalue weighted by Crippen LogP contribution is 2.35. The second-order valence-corrected chi connectivity index (χ2v) is 6.11. The minimum absolute atomic E-state index is 0.0326. The van der Waals surface area contributed by atoms with Gasteiger partial charge in [-0.25, -0.2) is 13.6 Å². The van der Waals surface area contributed by atoms with E-state index in [1.54, 1.807) is 0 Å². The van der Waals surface area contributed by atoms with Crippen LogP contribution in [0.2, 0.25) is 10.0 Å². The van der Waals surface area contributed by atoms with Crippen molar-refractivity contribution >= 4 is 38.9 Å². The number of nitrogens with two attached hydrogens (primary N) is 1. The Labute approximate surface area is 119 Å². The van der Waals surface area contributed by atoms with Crippen molar-refractivity contribution in [3.05, 3.63) is 32.3 Å². The summed E-state index contributed by atoms with van der Waals surface area (Å²) in [6.45, 7) is -0.0464. The van der Waals surface area contributed by atoms with Crippen LogP contribution in [0.15, 0.2) is 12.1 Å². The smallest absolute Gasteiger partial charge is 0.312 e. The van der Waals surface area contributed by atoms with Crippen LogP contribution in [0.5, 0.6) is 5.75 Å². The molecule has 10 heteroatoms. The molecular formula is C9H10Cl2N2O5S. The molecule has 0 aliphatic heterocycles. The van der Waals surface area contributed by atoms with Crippen LogP contribution in [0.25, 0.3) is 0 Å². The van der Waals surface area contributed by atoms with Gasteiger partial charge in [0.25, 0.3) is 0 Å². The number of benzene rings is 1. The monoisotopic (exact) mass is 328 g/mol. The topological polar surface area (TPSA) is 113 Å². The summed E-state index contributed by atoms with van der Waals surface area (Å²) < 4.78 is 26.5. The Morgan fingerprint density at radius 1 is 1.32 bits per heavy atom. The first-order chi connectivity index (χ1) is 8.70. The molecule has 0 aliphatic rings. The highest BCUT2D eigenvalue weighted by atomic mass is 35.5. The molecule has 106 valence electrons. The van der Waals surface area contributed by atoms with Gasteiger partial charge in [0.05, 0.1) is 27.3 Å². The molecule has 0 saturated heterocycles. The number of halogens is 2. The molecule has 19 heavy (non-hydrogen) atoms. The van der Waals surface area contributed by atoms with Gasteiger partial charge in [-0.1, -0.05) is 23.2 Å². The lowest BCUT2D eigenvalue weighted by molar-refractivity contribution is -0.385. The summed E-state index contributed by atoms with van der Waals surface area (Å²) in [4.78, 5) is 10.1. The van der Waals surface area contributed by atoms with Crippen LogP contribution in [0.1, 0.15) is 6.42 Å². The van der Waals surface area contributed by atoms with Gasteiger partial charge in [-0.3, -0.25) is 10.1 Å². The standard InChI is InChI=1S/C9H10Cl2N2O5S/c10-6-4-8(13(14)15)9(5-7(6)11)18-2-1-3-19(12,16)17/h4-5H,1-3H2,(H2,12,16,17). The lowest BCUT2D eigenvalue weighted by atomic mass is 10.3. The molecule has 0 atom stereocenters. The van der Waals surface area contributed by atoms with Crippen LogP contribution in [0.3, 0.4) is 0 Å². The van der Waals surface area contributed by atoms with Crippen molar-refractivity contribution in [1.82, 2.24) is 0 Å². The van der Waals surface area contributed by atoms with E-state index in [1.165, 1.54) is 6.07 Å². The van der Waals surface area contributed by atoms with E-state index in [0.717, 1.165) is 6.07 Å². The summed E-state index contributed by atoms with van der Waals surface area (Å²) in [6, 6.07) is 2.28. The molecule has 0 aromatic heterocycles. The van der Waals surface area contributed by atoms with Gasteiger partial charge >= 0.3 is 5.69 Å². The van der Waals surface area contributed by atoms with Crippen molar-refractivity contribution in [3.8, 4) is 5.75 Å². The van der Waals surface area contributed by atoms with Gasteiger partial charge in [0, 0.05) is 12.1 Å². The molecule has 0 amide bonds. The summed E-state index contributed by atoms with van der Waals surface area (Å²) >= 11 is 11.4. The Balaban J connectivity index is 2.77. The van der Waals surface area contributed by atoms with Crippen molar-refractivity contribution in [3.63, 3.8) is 0 Å². The van der Waals surface area contributed by atoms with Crippen molar-refractivity contribution in [2.45, 2.75) is 6.42 Å². The Morgan fingerprint density at radius 2 is 1.89 bits per heavy atom. The van der Waals surface area contributed by atoms with Crippen molar-refractivity contribution < 1.29 is 18.1 Å². The lowest BCUT2D eigenvalue weighted by Gasteiger charge is -2.07. The Morgan fingerprint density at radius 3 is 2.42 bits per heavy atom. The number of nitro benzene ring substituents is 1. The molecule has 0 heterocycles.